The van der Waals surface area contributed by atoms with Crippen molar-refractivity contribution in [3.8, 4) is 6.07 Å². The molecule has 1 aromatic carbocycles. The monoisotopic (exact) mass is 433 g/mol. The largest absolute Gasteiger partial charge is 0.441 e. The summed E-state index contributed by atoms with van der Waals surface area (Å²) in [5.74, 6) is 0.678. The zero-order valence-electron chi connectivity index (χ0n) is 18.7. The summed E-state index contributed by atoms with van der Waals surface area (Å²) < 4.78 is 13.6. The van der Waals surface area contributed by atoms with E-state index in [4.69, 9.17) is 9.26 Å². The first kappa shape index (κ1) is 20.6. The summed E-state index contributed by atoms with van der Waals surface area (Å²) in [6.45, 7) is 7.54. The minimum absolute atomic E-state index is 0.0741. The molecule has 1 amide bonds. The average molecular weight is 434 g/mol. The SMILES string of the molecule is CC(C)c1cc(N2C[C@@]3(CCC[C@](C)(Cn4cnc5ccc(C#N)cc54)C3)OC2=O)on1. The van der Waals surface area contributed by atoms with E-state index in [0.717, 1.165) is 49.0 Å². The maximum absolute atomic E-state index is 12.8. The summed E-state index contributed by atoms with van der Waals surface area (Å²) in [6, 6.07) is 9.59. The lowest BCUT2D eigenvalue weighted by atomic mass is 9.68. The molecule has 0 bridgehead atoms. The lowest BCUT2D eigenvalue weighted by Crippen LogP contribution is -2.45. The van der Waals surface area contributed by atoms with Gasteiger partial charge in [0, 0.05) is 12.6 Å². The van der Waals surface area contributed by atoms with Crippen molar-refractivity contribution in [1.29, 1.82) is 5.26 Å². The fourth-order valence-corrected chi connectivity index (χ4v) is 5.28. The van der Waals surface area contributed by atoms with E-state index in [-0.39, 0.29) is 17.4 Å². The highest BCUT2D eigenvalue weighted by atomic mass is 16.6. The number of carbonyl (C=O) groups is 1. The molecule has 8 heteroatoms. The van der Waals surface area contributed by atoms with Gasteiger partial charge < -0.3 is 13.8 Å². The Kier molecular flexibility index (Phi) is 4.73. The highest BCUT2D eigenvalue weighted by Gasteiger charge is 2.52. The number of benzene rings is 1. The topological polar surface area (TPSA) is 97.2 Å². The van der Waals surface area contributed by atoms with Crippen LogP contribution < -0.4 is 4.90 Å². The first-order valence-corrected chi connectivity index (χ1v) is 11.1. The zero-order chi connectivity index (χ0) is 22.5. The number of hydrogen-bond acceptors (Lipinski definition) is 6. The molecule has 0 N–H and O–H groups in total. The highest BCUT2D eigenvalue weighted by molar-refractivity contribution is 5.88. The predicted octanol–water partition coefficient (Wildman–Crippen LogP) is 5.00. The van der Waals surface area contributed by atoms with E-state index >= 15 is 0 Å². The Morgan fingerprint density at radius 1 is 1.28 bits per heavy atom. The van der Waals surface area contributed by atoms with E-state index in [2.05, 4.69) is 27.7 Å². The van der Waals surface area contributed by atoms with E-state index in [9.17, 15) is 10.1 Å². The Bertz CT molecular complexity index is 1220. The molecule has 2 aliphatic rings. The summed E-state index contributed by atoms with van der Waals surface area (Å²) in [6.07, 6.45) is 5.07. The highest BCUT2D eigenvalue weighted by Crippen LogP contribution is 2.48. The number of amides is 1. The van der Waals surface area contributed by atoms with Gasteiger partial charge in [0.15, 0.2) is 0 Å². The minimum Gasteiger partial charge on any atom is -0.441 e. The third kappa shape index (κ3) is 3.52. The first-order chi connectivity index (χ1) is 15.3. The fourth-order valence-electron chi connectivity index (χ4n) is 5.28. The fraction of sp³-hybridized carbons (Fsp3) is 0.500. The number of nitrogens with zero attached hydrogens (tertiary/aromatic N) is 5. The van der Waals surface area contributed by atoms with Crippen molar-refractivity contribution >= 4 is 23.0 Å². The smallest absolute Gasteiger partial charge is 0.417 e. The van der Waals surface area contributed by atoms with Gasteiger partial charge in [0.1, 0.15) is 5.60 Å². The van der Waals surface area contributed by atoms with E-state index in [0.29, 0.717) is 18.0 Å². The van der Waals surface area contributed by atoms with Crippen LogP contribution in [0.15, 0.2) is 35.1 Å². The van der Waals surface area contributed by atoms with Gasteiger partial charge >= 0.3 is 6.09 Å². The van der Waals surface area contributed by atoms with E-state index < -0.39 is 5.60 Å². The van der Waals surface area contributed by atoms with Crippen molar-refractivity contribution in [1.82, 2.24) is 14.7 Å². The molecule has 1 spiro atoms. The van der Waals surface area contributed by atoms with Crippen LogP contribution in [-0.2, 0) is 11.3 Å². The maximum atomic E-state index is 12.8. The first-order valence-electron chi connectivity index (χ1n) is 11.1. The second-order valence-electron chi connectivity index (χ2n) is 9.91. The van der Waals surface area contributed by atoms with Gasteiger partial charge in [-0.3, -0.25) is 0 Å². The van der Waals surface area contributed by atoms with Crippen molar-refractivity contribution in [2.24, 2.45) is 5.41 Å². The Hall–Kier alpha value is -3.34. The summed E-state index contributed by atoms with van der Waals surface area (Å²) in [4.78, 5) is 18.9. The number of rotatable bonds is 4. The van der Waals surface area contributed by atoms with Crippen LogP contribution >= 0.6 is 0 Å². The molecule has 8 nitrogen and oxygen atoms in total. The van der Waals surface area contributed by atoms with Gasteiger partial charge in [0.2, 0.25) is 5.88 Å². The van der Waals surface area contributed by atoms with Gasteiger partial charge in [-0.2, -0.15) is 5.26 Å². The Balaban J connectivity index is 1.38. The standard InChI is InChI=1S/C24H27N5O3/c1-16(2)19-10-21(32-27-19)29-14-24(31-22(29)30)8-4-7-23(3,12-24)13-28-15-26-18-6-5-17(11-25)9-20(18)28/h5-6,9-10,15-16H,4,7-8,12-14H2,1-3H3/t23-,24-/m0/s1. The number of hydrogen-bond donors (Lipinski definition) is 0. The third-order valence-corrected chi connectivity index (χ3v) is 6.81. The lowest BCUT2D eigenvalue weighted by molar-refractivity contribution is -0.0264. The molecule has 166 valence electrons. The second kappa shape index (κ2) is 7.37. The number of aromatic nitrogens is 3. The lowest BCUT2D eigenvalue weighted by Gasteiger charge is -2.43. The molecule has 2 aromatic heterocycles. The molecule has 5 rings (SSSR count). The number of ether oxygens (including phenoxy) is 1. The number of nitriles is 1. The van der Waals surface area contributed by atoms with Crippen LogP contribution in [0.3, 0.4) is 0 Å². The van der Waals surface area contributed by atoms with Crippen molar-refractivity contribution < 1.29 is 14.1 Å². The minimum atomic E-state index is -0.539. The molecule has 32 heavy (non-hydrogen) atoms. The molecule has 1 saturated carbocycles. The molecule has 2 atom stereocenters. The van der Waals surface area contributed by atoms with Crippen LogP contribution in [0.1, 0.15) is 63.6 Å². The van der Waals surface area contributed by atoms with Crippen molar-refractivity contribution in [3.63, 3.8) is 0 Å². The van der Waals surface area contributed by atoms with Gasteiger partial charge in [-0.25, -0.2) is 14.7 Å². The molecule has 2 fully saturated rings. The van der Waals surface area contributed by atoms with Crippen molar-refractivity contribution in [2.45, 2.75) is 64.5 Å². The normalized spacial score (nSPS) is 25.6. The van der Waals surface area contributed by atoms with Crippen LogP contribution in [0.2, 0.25) is 0 Å². The summed E-state index contributed by atoms with van der Waals surface area (Å²) in [7, 11) is 0. The zero-order valence-corrected chi connectivity index (χ0v) is 18.7. The van der Waals surface area contributed by atoms with E-state index in [1.807, 2.05) is 38.4 Å². The molecule has 1 aliphatic heterocycles. The summed E-state index contributed by atoms with van der Waals surface area (Å²) in [5.41, 5.74) is 2.67. The van der Waals surface area contributed by atoms with Crippen molar-refractivity contribution in [2.75, 3.05) is 11.4 Å². The molecular weight excluding hydrogens is 406 g/mol. The quantitative estimate of drug-likeness (QED) is 0.575. The predicted molar refractivity (Wildman–Crippen MR) is 118 cm³/mol. The second-order valence-corrected chi connectivity index (χ2v) is 9.91. The van der Waals surface area contributed by atoms with Crippen LogP contribution in [0.4, 0.5) is 10.7 Å². The molecule has 1 saturated heterocycles. The number of anilines is 1. The third-order valence-electron chi connectivity index (χ3n) is 6.81. The molecule has 3 aromatic rings. The van der Waals surface area contributed by atoms with Crippen LogP contribution in [0.5, 0.6) is 0 Å². The van der Waals surface area contributed by atoms with E-state index in [1.54, 1.807) is 11.0 Å². The Morgan fingerprint density at radius 2 is 2.12 bits per heavy atom. The number of imidazole rings is 1. The summed E-state index contributed by atoms with van der Waals surface area (Å²) in [5, 5.41) is 13.4. The molecular formula is C24H27N5O3. The van der Waals surface area contributed by atoms with Crippen LogP contribution in [0, 0.1) is 16.7 Å². The van der Waals surface area contributed by atoms with Gasteiger partial charge in [0.25, 0.3) is 0 Å². The van der Waals surface area contributed by atoms with Crippen LogP contribution in [0.25, 0.3) is 11.0 Å². The maximum Gasteiger partial charge on any atom is 0.417 e. The van der Waals surface area contributed by atoms with E-state index in [1.165, 1.54) is 0 Å². The molecule has 0 radical (unpaired) electrons. The van der Waals surface area contributed by atoms with Gasteiger partial charge in [0.05, 0.1) is 41.2 Å². The average Bonchev–Trinajstić information content (AvgIpc) is 3.45. The van der Waals surface area contributed by atoms with Gasteiger partial charge in [-0.15, -0.1) is 0 Å². The van der Waals surface area contributed by atoms with Gasteiger partial charge in [-0.1, -0.05) is 25.9 Å². The Labute approximate surface area is 186 Å². The van der Waals surface area contributed by atoms with Crippen molar-refractivity contribution in [3.05, 3.63) is 41.9 Å². The molecule has 3 heterocycles. The number of carbonyl (C=O) groups excluding carboxylic acids is 1. The molecule has 1 aliphatic carbocycles. The molecule has 0 unspecified atom stereocenters. The number of fused-ring (bicyclic) bond motifs is 1. The van der Waals surface area contributed by atoms with Crippen LogP contribution in [-0.4, -0.2) is 32.9 Å². The van der Waals surface area contributed by atoms with Gasteiger partial charge in [-0.05, 0) is 55.2 Å². The Morgan fingerprint density at radius 3 is 2.88 bits per heavy atom. The summed E-state index contributed by atoms with van der Waals surface area (Å²) >= 11 is 0.